The predicted octanol–water partition coefficient (Wildman–Crippen LogP) is 4.82. The van der Waals surface area contributed by atoms with Crippen LogP contribution in [0.5, 0.6) is 0 Å². The third-order valence-corrected chi connectivity index (χ3v) is 6.99. The first-order valence-electron chi connectivity index (χ1n) is 9.82. The Kier molecular flexibility index (Phi) is 6.17. The molecule has 10 heteroatoms. The average molecular weight is 484 g/mol. The summed E-state index contributed by atoms with van der Waals surface area (Å²) in [6.07, 6.45) is 1.46. The van der Waals surface area contributed by atoms with E-state index < -0.39 is 20.7 Å². The Morgan fingerprint density at radius 2 is 1.67 bits per heavy atom. The summed E-state index contributed by atoms with van der Waals surface area (Å²) >= 11 is 5.89. The fourth-order valence-electron chi connectivity index (χ4n) is 3.49. The molecule has 0 radical (unpaired) electrons. The molecule has 0 atom stereocenters. The number of non-ortho nitro benzene ring substituents is 1. The Balaban J connectivity index is 1.59. The molecule has 4 aromatic rings. The molecule has 3 aromatic carbocycles. The monoisotopic (exact) mass is 483 g/mol. The van der Waals surface area contributed by atoms with Gasteiger partial charge < -0.3 is 9.88 Å². The Hall–Kier alpha value is -3.69. The Labute approximate surface area is 194 Å². The first-order valence-corrected chi connectivity index (χ1v) is 11.9. The van der Waals surface area contributed by atoms with Crippen molar-refractivity contribution in [1.29, 1.82) is 0 Å². The van der Waals surface area contributed by atoms with Crippen molar-refractivity contribution in [3.63, 3.8) is 0 Å². The third kappa shape index (κ3) is 5.05. The molecule has 1 amide bonds. The molecule has 1 aromatic heterocycles. The molecule has 168 valence electrons. The van der Waals surface area contributed by atoms with Crippen LogP contribution in [0.25, 0.3) is 10.9 Å². The number of nitro groups is 1. The Morgan fingerprint density at radius 1 is 1.00 bits per heavy atom. The number of nitro benzene ring substituents is 1. The van der Waals surface area contributed by atoms with Gasteiger partial charge in [-0.15, -0.1) is 0 Å². The second-order valence-corrected chi connectivity index (χ2v) is 9.77. The molecule has 33 heavy (non-hydrogen) atoms. The first kappa shape index (κ1) is 22.5. The van der Waals surface area contributed by atoms with Crippen molar-refractivity contribution in [2.75, 3.05) is 5.32 Å². The lowest BCUT2D eigenvalue weighted by Gasteiger charge is -2.07. The number of carbonyl (C=O) groups is 1. The number of carbonyl (C=O) groups excluding carboxylic acids is 1. The highest BCUT2D eigenvalue weighted by atomic mass is 35.5. The highest BCUT2D eigenvalue weighted by Gasteiger charge is 2.22. The van der Waals surface area contributed by atoms with E-state index in [1.807, 2.05) is 0 Å². The number of amides is 1. The van der Waals surface area contributed by atoms with Crippen molar-refractivity contribution in [2.24, 2.45) is 0 Å². The van der Waals surface area contributed by atoms with Gasteiger partial charge in [0.2, 0.25) is 5.91 Å². The molecule has 4 rings (SSSR count). The van der Waals surface area contributed by atoms with Crippen molar-refractivity contribution in [3.8, 4) is 0 Å². The van der Waals surface area contributed by atoms with Gasteiger partial charge in [-0.25, -0.2) is 8.42 Å². The van der Waals surface area contributed by atoms with Crippen molar-refractivity contribution < 1.29 is 18.1 Å². The first-order chi connectivity index (χ1) is 15.7. The van der Waals surface area contributed by atoms with E-state index in [0.29, 0.717) is 27.2 Å². The summed E-state index contributed by atoms with van der Waals surface area (Å²) in [4.78, 5) is 23.0. The molecule has 0 fully saturated rings. The summed E-state index contributed by atoms with van der Waals surface area (Å²) in [5.74, 6) is -0.598. The zero-order valence-electron chi connectivity index (χ0n) is 17.1. The van der Waals surface area contributed by atoms with E-state index in [4.69, 9.17) is 11.6 Å². The van der Waals surface area contributed by atoms with E-state index in [2.05, 4.69) is 5.32 Å². The fourth-order valence-corrected chi connectivity index (χ4v) is 5.20. The maximum atomic E-state index is 13.2. The maximum Gasteiger partial charge on any atom is 0.269 e. The van der Waals surface area contributed by atoms with Gasteiger partial charge in [-0.1, -0.05) is 41.9 Å². The van der Waals surface area contributed by atoms with Gasteiger partial charge in [0.1, 0.15) is 6.54 Å². The molecular weight excluding hydrogens is 466 g/mol. The number of nitrogens with zero attached hydrogens (tertiary/aromatic N) is 2. The smallest absolute Gasteiger partial charge is 0.269 e. The molecule has 0 saturated carbocycles. The van der Waals surface area contributed by atoms with Crippen LogP contribution in [-0.2, 0) is 26.9 Å². The molecular formula is C23H18ClN3O5S. The average Bonchev–Trinajstić information content (AvgIpc) is 3.15. The number of nitrogens with one attached hydrogen (secondary N) is 1. The highest BCUT2D eigenvalue weighted by Crippen LogP contribution is 2.28. The molecule has 8 nitrogen and oxygen atoms in total. The summed E-state index contributed by atoms with van der Waals surface area (Å²) in [7, 11) is -3.70. The second kappa shape index (κ2) is 9.05. The van der Waals surface area contributed by atoms with Crippen LogP contribution in [0, 0.1) is 10.1 Å². The van der Waals surface area contributed by atoms with Crippen LogP contribution in [0.1, 0.15) is 5.56 Å². The SMILES string of the molecule is O=C(Cn1cc(S(=O)(=O)Cc2ccc(Cl)cc2)c2ccccc21)Nc1ccc([N+](=O)[O-])cc1. The largest absolute Gasteiger partial charge is 0.337 e. The number of para-hydroxylation sites is 1. The number of anilines is 1. The van der Waals surface area contributed by atoms with Gasteiger partial charge in [-0.2, -0.15) is 0 Å². The van der Waals surface area contributed by atoms with Crippen molar-refractivity contribution in [1.82, 2.24) is 4.57 Å². The predicted molar refractivity (Wildman–Crippen MR) is 126 cm³/mol. The molecule has 0 unspecified atom stereocenters. The van der Waals surface area contributed by atoms with Crippen LogP contribution < -0.4 is 5.32 Å². The quantitative estimate of drug-likeness (QED) is 0.299. The lowest BCUT2D eigenvalue weighted by Crippen LogP contribution is -2.18. The van der Waals surface area contributed by atoms with Gasteiger partial charge in [0.25, 0.3) is 5.69 Å². The van der Waals surface area contributed by atoms with Crippen molar-refractivity contribution >= 4 is 49.6 Å². The lowest BCUT2D eigenvalue weighted by molar-refractivity contribution is -0.384. The minimum atomic E-state index is -3.70. The van der Waals surface area contributed by atoms with Crippen LogP contribution in [0.2, 0.25) is 5.02 Å². The number of sulfone groups is 1. The number of halogens is 1. The molecule has 0 bridgehead atoms. The third-order valence-electron chi connectivity index (χ3n) is 5.03. The summed E-state index contributed by atoms with van der Waals surface area (Å²) in [6.45, 7) is -0.131. The van der Waals surface area contributed by atoms with Crippen LogP contribution in [0.15, 0.2) is 83.9 Å². The molecule has 0 saturated heterocycles. The summed E-state index contributed by atoms with van der Waals surface area (Å²) in [5.41, 5.74) is 1.52. The van der Waals surface area contributed by atoms with Crippen LogP contribution in [0.4, 0.5) is 11.4 Å². The van der Waals surface area contributed by atoms with Gasteiger partial charge in [0, 0.05) is 39.9 Å². The number of hydrogen-bond acceptors (Lipinski definition) is 5. The molecule has 0 spiro atoms. The van der Waals surface area contributed by atoms with Crippen LogP contribution in [-0.4, -0.2) is 23.8 Å². The van der Waals surface area contributed by atoms with E-state index in [-0.39, 0.29) is 22.9 Å². The van der Waals surface area contributed by atoms with E-state index in [9.17, 15) is 23.3 Å². The van der Waals surface area contributed by atoms with E-state index in [0.717, 1.165) is 0 Å². The summed E-state index contributed by atoms with van der Waals surface area (Å²) in [5, 5.41) is 14.5. The minimum absolute atomic E-state index is 0.0834. The Morgan fingerprint density at radius 3 is 2.33 bits per heavy atom. The van der Waals surface area contributed by atoms with E-state index in [1.54, 1.807) is 53.1 Å². The zero-order valence-corrected chi connectivity index (χ0v) is 18.7. The number of benzene rings is 3. The zero-order chi connectivity index (χ0) is 23.6. The van der Waals surface area contributed by atoms with E-state index >= 15 is 0 Å². The standard InChI is InChI=1S/C23H18ClN3O5S/c24-17-7-5-16(6-8-17)15-33(31,32)22-13-26(21-4-2-1-3-20(21)22)14-23(28)25-18-9-11-19(12-10-18)27(29)30/h1-13H,14-15H2,(H,25,28). The van der Waals surface area contributed by atoms with Gasteiger partial charge >= 0.3 is 0 Å². The summed E-state index contributed by atoms with van der Waals surface area (Å²) in [6, 6.07) is 19.0. The second-order valence-electron chi connectivity index (χ2n) is 7.38. The van der Waals surface area contributed by atoms with Crippen molar-refractivity contribution in [3.05, 3.63) is 99.7 Å². The molecule has 0 aliphatic heterocycles. The fraction of sp³-hybridized carbons (Fsp3) is 0.0870. The van der Waals surface area contributed by atoms with E-state index in [1.165, 1.54) is 30.5 Å². The summed E-state index contributed by atoms with van der Waals surface area (Å²) < 4.78 is 27.9. The number of rotatable bonds is 7. The molecule has 0 aliphatic carbocycles. The number of hydrogen-bond donors (Lipinski definition) is 1. The highest BCUT2D eigenvalue weighted by molar-refractivity contribution is 7.90. The number of fused-ring (bicyclic) bond motifs is 1. The van der Waals surface area contributed by atoms with Crippen LogP contribution >= 0.6 is 11.6 Å². The maximum absolute atomic E-state index is 13.2. The van der Waals surface area contributed by atoms with Gasteiger partial charge in [-0.3, -0.25) is 14.9 Å². The van der Waals surface area contributed by atoms with Crippen LogP contribution in [0.3, 0.4) is 0 Å². The van der Waals surface area contributed by atoms with Gasteiger partial charge in [-0.05, 0) is 35.9 Å². The van der Waals surface area contributed by atoms with Gasteiger partial charge in [0.15, 0.2) is 9.84 Å². The van der Waals surface area contributed by atoms with Crippen molar-refractivity contribution in [2.45, 2.75) is 17.2 Å². The Bertz CT molecular complexity index is 1450. The minimum Gasteiger partial charge on any atom is -0.337 e. The molecule has 0 aliphatic rings. The number of aromatic nitrogens is 1. The topological polar surface area (TPSA) is 111 Å². The lowest BCUT2D eigenvalue weighted by atomic mass is 10.2. The molecule has 1 N–H and O–H groups in total. The van der Waals surface area contributed by atoms with Gasteiger partial charge in [0.05, 0.1) is 15.6 Å². The molecule has 1 heterocycles. The normalized spacial score (nSPS) is 11.4.